The molecule has 0 aliphatic carbocycles. The van der Waals surface area contributed by atoms with E-state index in [9.17, 15) is 97.1 Å². The average molecular weight is 1320 g/mol. The van der Waals surface area contributed by atoms with Crippen LogP contribution in [0.2, 0.25) is 0 Å². The molecule has 0 aromatic carbocycles. The van der Waals surface area contributed by atoms with E-state index in [-0.39, 0.29) is 51.6 Å². The van der Waals surface area contributed by atoms with Crippen molar-refractivity contribution in [2.45, 2.75) is 236 Å². The molecule has 0 saturated carbocycles. The van der Waals surface area contributed by atoms with E-state index in [0.717, 1.165) is 48.8 Å². The molecule has 93 heavy (non-hydrogen) atoms. The van der Waals surface area contributed by atoms with Crippen LogP contribution in [0.1, 0.15) is 176 Å². The first-order valence-electron chi connectivity index (χ1n) is 32.2. The Morgan fingerprint density at radius 2 is 0.989 bits per heavy atom. The predicted octanol–water partition coefficient (Wildman–Crippen LogP) is -2.81. The summed E-state index contributed by atoms with van der Waals surface area (Å²) in [5, 5.41) is 65.0. The normalized spacial score (nSPS) is 23.5. The number of hydrogen-bond acceptors (Lipinski definition) is 17. The lowest BCUT2D eigenvalue weighted by Gasteiger charge is -2.37. The highest BCUT2D eigenvalue weighted by Gasteiger charge is 2.43. The summed E-state index contributed by atoms with van der Waals surface area (Å²) in [5.41, 5.74) is 0. The molecule has 0 radical (unpaired) electrons. The van der Waals surface area contributed by atoms with Gasteiger partial charge in [0.05, 0.1) is 45.0 Å². The number of carboxylic acids is 3. The summed E-state index contributed by atoms with van der Waals surface area (Å²) in [6.07, 6.45) is 9.21. The van der Waals surface area contributed by atoms with Crippen LogP contribution in [0.5, 0.6) is 0 Å². The molecular formula is C60H97N13O20. The molecule has 0 aromatic rings. The van der Waals surface area contributed by atoms with Crippen molar-refractivity contribution < 1.29 is 97.1 Å². The number of carboxylic acid groups (broad SMARTS) is 3. The number of nitrogens with zero attached hydrogens (tertiary/aromatic N) is 2. The molecule has 3 rings (SSSR count). The van der Waals surface area contributed by atoms with Crippen molar-refractivity contribution in [2.75, 3.05) is 39.3 Å². The molecule has 0 unspecified atom stereocenters. The number of rotatable bonds is 27. The predicted molar refractivity (Wildman–Crippen MR) is 329 cm³/mol. The maximum absolute atomic E-state index is 14.9. The first kappa shape index (κ1) is 78.7. The molecular weight excluding hydrogens is 1220 g/mol. The van der Waals surface area contributed by atoms with Crippen molar-refractivity contribution in [1.29, 1.82) is 0 Å². The smallest absolute Gasteiger partial charge is 0.305 e. The summed E-state index contributed by atoms with van der Waals surface area (Å²) < 4.78 is 0. The van der Waals surface area contributed by atoms with E-state index in [4.69, 9.17) is 0 Å². The lowest BCUT2D eigenvalue weighted by molar-refractivity contribution is -0.146. The van der Waals surface area contributed by atoms with Gasteiger partial charge in [0.2, 0.25) is 76.8 Å². The number of carbonyl (C=O) groups excluding carboxylic acids is 13. The van der Waals surface area contributed by atoms with Gasteiger partial charge in [-0.05, 0) is 58.3 Å². The largest absolute Gasteiger partial charge is 0.481 e. The highest BCUT2D eigenvalue weighted by Crippen LogP contribution is 2.23. The average Bonchev–Trinajstić information content (AvgIpc) is 1.83. The number of hydrogen-bond donors (Lipinski definition) is 15. The van der Waals surface area contributed by atoms with Crippen molar-refractivity contribution in [3.05, 3.63) is 0 Å². The molecule has 3 aliphatic heterocycles. The number of carbonyl (C=O) groups is 16. The highest BCUT2D eigenvalue weighted by molar-refractivity contribution is 6.00. The van der Waals surface area contributed by atoms with Gasteiger partial charge >= 0.3 is 17.9 Å². The topological polar surface area (TPSA) is 493 Å². The summed E-state index contributed by atoms with van der Waals surface area (Å²) in [6.45, 7) is 3.99. The van der Waals surface area contributed by atoms with Gasteiger partial charge in [-0.3, -0.25) is 76.7 Å². The lowest BCUT2D eigenvalue weighted by Crippen LogP contribution is -2.63. The van der Waals surface area contributed by atoms with Gasteiger partial charge < -0.3 is 88.7 Å². The van der Waals surface area contributed by atoms with E-state index < -0.39 is 207 Å². The molecule has 522 valence electrons. The van der Waals surface area contributed by atoms with Gasteiger partial charge in [0, 0.05) is 26.1 Å². The minimum Gasteiger partial charge on any atom is -0.481 e. The summed E-state index contributed by atoms with van der Waals surface area (Å²) >= 11 is 0. The standard InChI is InChI=1S/C60H97N13O20/c1-6-8-9-10-11-12-13-14-15-16-17-18-24-43(75)65-35(4)52(85)68-39(29-49(83)84)55(88)69-40-30-61-56(89)42-23-21-26-73(42)60(93)50(34(3)7-2)71-58(91)51(36(5)74)70-46(78)33-63-54(87)38(28-48(81)82)66-44(76)31-62-53(86)37(27-47(79)80)67-45(77)32-64-57(90)41-22-19-20-25-72(41)59(40)92/h34-42,50-51,74H,6-33H2,1-5H3,(H,61,89)(H,62,86)(H,63,87)(H,64,90)(H,65,75)(H,66,76)(H,67,77)(H,68,85)(H,69,88)(H,70,78)(H,71,91)(H,79,80)(H,81,82)(H,83,84)/t34-,35-,36+,37-,38-,39-,40-,41-,42-,50-,51-/m0/s1. The Labute approximate surface area is 540 Å². The zero-order chi connectivity index (χ0) is 69.3. The number of amides is 13. The van der Waals surface area contributed by atoms with Crippen LogP contribution in [0, 0.1) is 5.92 Å². The SMILES string of the molecule is CCCCCCCCCCCCCCC(=O)N[C@@H](C)C(=O)N[C@@H](CC(=O)O)C(=O)N[C@H]1CNC(=O)[C@@H]2CCCN2C(=O)[C@H]([C@@H](C)CC)NC(=O)[C@H]([C@@H](C)O)NC(=O)CNC(=O)[C@H](CC(=O)O)NC(=O)CNC(=O)[C@H](CC(=O)O)NC(=O)CNC(=O)[C@@H]2CCCCN2C1=O. The number of aliphatic carboxylic acids is 3. The fourth-order valence-corrected chi connectivity index (χ4v) is 10.8. The Morgan fingerprint density at radius 1 is 0.516 bits per heavy atom. The second-order valence-electron chi connectivity index (χ2n) is 23.9. The van der Waals surface area contributed by atoms with Crippen LogP contribution in [0.25, 0.3) is 0 Å². The molecule has 33 nitrogen and oxygen atoms in total. The Morgan fingerprint density at radius 3 is 1.49 bits per heavy atom. The Bertz CT molecular complexity index is 2640. The third-order valence-corrected chi connectivity index (χ3v) is 16.3. The molecule has 15 N–H and O–H groups in total. The van der Waals surface area contributed by atoms with Crippen molar-refractivity contribution in [3.63, 3.8) is 0 Å². The van der Waals surface area contributed by atoms with Gasteiger partial charge in [-0.2, -0.15) is 0 Å². The molecule has 3 fully saturated rings. The minimum atomic E-state index is -1.91. The molecule has 11 atom stereocenters. The Hall–Kier alpha value is -8.52. The van der Waals surface area contributed by atoms with Crippen LogP contribution in [0.15, 0.2) is 0 Å². The van der Waals surface area contributed by atoms with Crippen molar-refractivity contribution in [1.82, 2.24) is 68.3 Å². The molecule has 13 amide bonds. The van der Waals surface area contributed by atoms with Gasteiger partial charge in [-0.1, -0.05) is 97.8 Å². The second kappa shape index (κ2) is 41.1. The third-order valence-electron chi connectivity index (χ3n) is 16.3. The lowest BCUT2D eigenvalue weighted by atomic mass is 9.96. The summed E-state index contributed by atoms with van der Waals surface area (Å²) in [4.78, 5) is 216. The van der Waals surface area contributed by atoms with Gasteiger partial charge in [-0.15, -0.1) is 0 Å². The minimum absolute atomic E-state index is 0.0310. The number of aliphatic hydroxyl groups excluding tert-OH is 1. The van der Waals surface area contributed by atoms with Crippen molar-refractivity contribution >= 4 is 94.7 Å². The number of aliphatic hydroxyl groups is 1. The molecule has 0 spiro atoms. The van der Waals surface area contributed by atoms with E-state index in [1.165, 1.54) is 45.4 Å². The number of fused-ring (bicyclic) bond motifs is 2. The van der Waals surface area contributed by atoms with Crippen LogP contribution in [-0.4, -0.2) is 225 Å². The van der Waals surface area contributed by atoms with Gasteiger partial charge in [0.15, 0.2) is 0 Å². The first-order chi connectivity index (χ1) is 44.1. The highest BCUT2D eigenvalue weighted by atomic mass is 16.4. The van der Waals surface area contributed by atoms with E-state index in [1.807, 2.05) is 0 Å². The monoisotopic (exact) mass is 1320 g/mol. The van der Waals surface area contributed by atoms with Crippen molar-refractivity contribution in [3.8, 4) is 0 Å². The van der Waals surface area contributed by atoms with Gasteiger partial charge in [0.1, 0.15) is 54.4 Å². The van der Waals surface area contributed by atoms with Crippen LogP contribution in [0.3, 0.4) is 0 Å². The van der Waals surface area contributed by atoms with Crippen LogP contribution >= 0.6 is 0 Å². The summed E-state index contributed by atoms with van der Waals surface area (Å²) in [7, 11) is 0. The van der Waals surface area contributed by atoms with Crippen molar-refractivity contribution in [2.24, 2.45) is 5.92 Å². The second-order valence-corrected chi connectivity index (χ2v) is 23.9. The Balaban J connectivity index is 1.98. The molecule has 0 aromatic heterocycles. The molecule has 3 saturated heterocycles. The zero-order valence-corrected chi connectivity index (χ0v) is 53.9. The van der Waals surface area contributed by atoms with Crippen LogP contribution in [-0.2, 0) is 76.7 Å². The third kappa shape index (κ3) is 28.1. The first-order valence-corrected chi connectivity index (χ1v) is 32.2. The number of piperidine rings is 1. The van der Waals surface area contributed by atoms with E-state index in [2.05, 4.69) is 65.4 Å². The fourth-order valence-electron chi connectivity index (χ4n) is 10.8. The van der Waals surface area contributed by atoms with Gasteiger partial charge in [0.25, 0.3) is 0 Å². The molecule has 3 heterocycles. The van der Waals surface area contributed by atoms with Crippen LogP contribution in [0.4, 0.5) is 0 Å². The molecule has 33 heteroatoms. The van der Waals surface area contributed by atoms with E-state index >= 15 is 0 Å². The maximum atomic E-state index is 14.9. The summed E-state index contributed by atoms with van der Waals surface area (Å²) in [5.74, 6) is -18.9. The van der Waals surface area contributed by atoms with Gasteiger partial charge in [-0.25, -0.2) is 0 Å². The van der Waals surface area contributed by atoms with E-state index in [0.29, 0.717) is 12.8 Å². The quantitative estimate of drug-likeness (QED) is 0.0369. The van der Waals surface area contributed by atoms with Crippen LogP contribution < -0.4 is 58.5 Å². The molecule has 0 bridgehead atoms. The zero-order valence-electron chi connectivity index (χ0n) is 53.9. The maximum Gasteiger partial charge on any atom is 0.305 e. The number of unbranched alkanes of at least 4 members (excludes halogenated alkanes) is 11. The fraction of sp³-hybridized carbons (Fsp3) is 0.733. The van der Waals surface area contributed by atoms with E-state index in [1.54, 1.807) is 13.8 Å². The summed E-state index contributed by atoms with van der Waals surface area (Å²) in [6, 6.07) is -14.8. The number of nitrogens with one attached hydrogen (secondary N) is 11. The Kier molecular flexibility index (Phi) is 34.8. The molecule has 3 aliphatic rings.